The van der Waals surface area contributed by atoms with E-state index in [1.807, 2.05) is 55.5 Å². The van der Waals surface area contributed by atoms with Crippen molar-refractivity contribution in [2.75, 3.05) is 0 Å². The highest BCUT2D eigenvalue weighted by Gasteiger charge is 2.16. The quantitative estimate of drug-likeness (QED) is 0.339. The van der Waals surface area contributed by atoms with Gasteiger partial charge < -0.3 is 23.1 Å². The molecule has 0 spiro atoms. The zero-order chi connectivity index (χ0) is 22.8. The van der Waals surface area contributed by atoms with Gasteiger partial charge in [0.05, 0.1) is 5.56 Å². The number of oxazole rings is 2. The van der Waals surface area contributed by atoms with Crippen LogP contribution in [0.25, 0.3) is 22.4 Å². The highest BCUT2D eigenvalue weighted by Crippen LogP contribution is 2.31. The zero-order valence-corrected chi connectivity index (χ0v) is 18.0. The molecule has 3 aromatic heterocycles. The van der Waals surface area contributed by atoms with E-state index in [4.69, 9.17) is 18.0 Å². The van der Waals surface area contributed by atoms with Crippen molar-refractivity contribution in [3.05, 3.63) is 88.1 Å². The molecule has 0 saturated heterocycles. The molecular weight excluding hydrogens is 424 g/mol. The number of aromatic nitrogens is 2. The number of hydrogen-bond donors (Lipinski definition) is 2. The van der Waals surface area contributed by atoms with Crippen molar-refractivity contribution in [2.24, 2.45) is 0 Å². The average molecular weight is 446 g/mol. The van der Waals surface area contributed by atoms with E-state index in [2.05, 4.69) is 9.97 Å². The second kappa shape index (κ2) is 8.74. The summed E-state index contributed by atoms with van der Waals surface area (Å²) in [4.78, 5) is 17.9. The van der Waals surface area contributed by atoms with Crippen LogP contribution >= 0.6 is 0 Å². The molecule has 0 aliphatic rings. The Morgan fingerprint density at radius 3 is 2.67 bits per heavy atom. The van der Waals surface area contributed by atoms with E-state index in [-0.39, 0.29) is 18.2 Å². The molecule has 0 aliphatic carbocycles. The maximum absolute atomic E-state index is 11.1. The van der Waals surface area contributed by atoms with Crippen molar-refractivity contribution in [3.8, 4) is 23.1 Å². The first-order valence-corrected chi connectivity index (χ1v) is 10.6. The zero-order valence-electron chi connectivity index (χ0n) is 18.0. The molecule has 0 fully saturated rings. The summed E-state index contributed by atoms with van der Waals surface area (Å²) in [6, 6.07) is 15.5. The number of para-hydroxylation sites is 1. The molecule has 0 aliphatic heterocycles. The number of nitrogens with one attached hydrogen (secondary N) is 1. The average Bonchev–Trinajstić information content (AvgIpc) is 3.49. The summed E-state index contributed by atoms with van der Waals surface area (Å²) in [6.07, 6.45) is 3.64. The van der Waals surface area contributed by atoms with Gasteiger partial charge in [0.15, 0.2) is 5.76 Å². The summed E-state index contributed by atoms with van der Waals surface area (Å²) in [5.41, 5.74) is 3.45. The molecule has 0 bridgehead atoms. The third-order valence-electron chi connectivity index (χ3n) is 5.47. The van der Waals surface area contributed by atoms with Crippen molar-refractivity contribution >= 4 is 11.0 Å². The van der Waals surface area contributed by atoms with Crippen LogP contribution in [0.1, 0.15) is 29.2 Å². The topological polar surface area (TPSA) is 115 Å². The van der Waals surface area contributed by atoms with Gasteiger partial charge in [-0.3, -0.25) is 4.98 Å². The van der Waals surface area contributed by atoms with Crippen LogP contribution in [0, 0.1) is 6.92 Å². The maximum Gasteiger partial charge on any atom is 0.419 e. The predicted molar refractivity (Wildman–Crippen MR) is 120 cm³/mol. The van der Waals surface area contributed by atoms with Crippen LogP contribution in [0.15, 0.2) is 72.8 Å². The lowest BCUT2D eigenvalue weighted by Crippen LogP contribution is -1.98. The first kappa shape index (κ1) is 20.7. The summed E-state index contributed by atoms with van der Waals surface area (Å²) in [5.74, 6) is 1.38. The fourth-order valence-corrected chi connectivity index (χ4v) is 3.70. The molecule has 33 heavy (non-hydrogen) atoms. The standard InChI is InChI=1S/C25H22N2O6/c1-15-20(26-24(32-15)19-13-31-21-7-3-2-6-18(19)21)14-30-17-11-9-16(10-12-17)5-4-8-22-23(28)27-25(29)33-22/h2-3,6-7,9-13,28H,4-5,8,14H2,1H3,(H,27,29). The van der Waals surface area contributed by atoms with Gasteiger partial charge in [0.1, 0.15) is 35.7 Å². The lowest BCUT2D eigenvalue weighted by atomic mass is 10.1. The van der Waals surface area contributed by atoms with Crippen LogP contribution in [-0.2, 0) is 19.4 Å². The first-order chi connectivity index (χ1) is 16.1. The predicted octanol–water partition coefficient (Wildman–Crippen LogP) is 5.14. The number of H-pyrrole nitrogens is 1. The molecule has 5 aromatic rings. The summed E-state index contributed by atoms with van der Waals surface area (Å²) >= 11 is 0. The summed E-state index contributed by atoms with van der Waals surface area (Å²) < 4.78 is 22.3. The lowest BCUT2D eigenvalue weighted by Gasteiger charge is -2.06. The lowest BCUT2D eigenvalue weighted by molar-refractivity contribution is 0.299. The number of aromatic amines is 1. The molecule has 2 N–H and O–H groups in total. The van der Waals surface area contributed by atoms with Crippen molar-refractivity contribution in [3.63, 3.8) is 0 Å². The largest absolute Gasteiger partial charge is 0.492 e. The van der Waals surface area contributed by atoms with Crippen LogP contribution in [0.3, 0.4) is 0 Å². The van der Waals surface area contributed by atoms with E-state index in [1.54, 1.807) is 6.26 Å². The number of aromatic hydroxyl groups is 1. The van der Waals surface area contributed by atoms with Crippen molar-refractivity contribution in [1.82, 2.24) is 9.97 Å². The van der Waals surface area contributed by atoms with Crippen LogP contribution < -0.4 is 10.5 Å². The molecule has 3 heterocycles. The van der Waals surface area contributed by atoms with Gasteiger partial charge in [0, 0.05) is 11.8 Å². The van der Waals surface area contributed by atoms with Crippen molar-refractivity contribution in [1.29, 1.82) is 0 Å². The van der Waals surface area contributed by atoms with Gasteiger partial charge in [-0.15, -0.1) is 0 Å². The van der Waals surface area contributed by atoms with E-state index in [0.29, 0.717) is 18.1 Å². The Kier molecular flexibility index (Phi) is 5.48. The number of nitrogens with zero attached hydrogens (tertiary/aromatic N) is 1. The second-order valence-corrected chi connectivity index (χ2v) is 7.74. The Hall–Kier alpha value is -4.20. The monoisotopic (exact) mass is 446 g/mol. The number of rotatable bonds is 8. The highest BCUT2D eigenvalue weighted by atomic mass is 16.5. The third kappa shape index (κ3) is 4.41. The summed E-state index contributed by atoms with van der Waals surface area (Å²) in [7, 11) is 0. The SMILES string of the molecule is Cc1oc(-c2coc3ccccc23)nc1COc1ccc(CCCc2oc(=O)[nH]c2O)cc1. The Morgan fingerprint density at radius 2 is 1.88 bits per heavy atom. The third-order valence-corrected chi connectivity index (χ3v) is 5.47. The van der Waals surface area contributed by atoms with Gasteiger partial charge >= 0.3 is 5.76 Å². The molecule has 168 valence electrons. The molecule has 0 radical (unpaired) electrons. The molecule has 2 aromatic carbocycles. The summed E-state index contributed by atoms with van der Waals surface area (Å²) in [6.45, 7) is 2.15. The fourth-order valence-electron chi connectivity index (χ4n) is 3.70. The number of aryl methyl sites for hydroxylation is 3. The second-order valence-electron chi connectivity index (χ2n) is 7.74. The normalized spacial score (nSPS) is 11.3. The Bertz CT molecular complexity index is 1440. The number of fused-ring (bicyclic) bond motifs is 1. The van der Waals surface area contributed by atoms with E-state index in [1.165, 1.54) is 0 Å². The molecule has 8 nitrogen and oxygen atoms in total. The molecule has 0 saturated carbocycles. The smallest absolute Gasteiger partial charge is 0.419 e. The minimum absolute atomic E-state index is 0.198. The van der Waals surface area contributed by atoms with Gasteiger partial charge in [-0.1, -0.05) is 30.3 Å². The van der Waals surface area contributed by atoms with Crippen LogP contribution in [0.4, 0.5) is 0 Å². The van der Waals surface area contributed by atoms with Crippen molar-refractivity contribution < 1.29 is 23.1 Å². The number of furan rings is 1. The number of ether oxygens (including phenoxy) is 1. The maximum atomic E-state index is 11.1. The Labute approximate surface area is 188 Å². The van der Waals surface area contributed by atoms with Crippen LogP contribution in [-0.4, -0.2) is 15.1 Å². The minimum Gasteiger partial charge on any atom is -0.492 e. The highest BCUT2D eigenvalue weighted by molar-refractivity contribution is 5.91. The van der Waals surface area contributed by atoms with Gasteiger partial charge in [0.25, 0.3) is 0 Å². The van der Waals surface area contributed by atoms with Gasteiger partial charge in [0.2, 0.25) is 11.8 Å². The molecule has 0 atom stereocenters. The molecule has 8 heteroatoms. The van der Waals surface area contributed by atoms with Gasteiger partial charge in [-0.25, -0.2) is 9.78 Å². The molecule has 5 rings (SSSR count). The minimum atomic E-state index is -0.642. The van der Waals surface area contributed by atoms with Crippen molar-refractivity contribution in [2.45, 2.75) is 32.8 Å². The van der Waals surface area contributed by atoms with E-state index in [9.17, 15) is 9.90 Å². The van der Waals surface area contributed by atoms with E-state index < -0.39 is 5.76 Å². The Balaban J connectivity index is 1.19. The number of hydrogen-bond acceptors (Lipinski definition) is 7. The molecule has 0 unspecified atom stereocenters. The molecule has 0 amide bonds. The molecular formula is C25H22N2O6. The number of benzene rings is 2. The summed E-state index contributed by atoms with van der Waals surface area (Å²) in [5, 5.41) is 10.5. The van der Waals surface area contributed by atoms with E-state index in [0.717, 1.165) is 46.4 Å². The van der Waals surface area contributed by atoms with Crippen LogP contribution in [0.2, 0.25) is 0 Å². The van der Waals surface area contributed by atoms with Crippen LogP contribution in [0.5, 0.6) is 11.6 Å². The first-order valence-electron chi connectivity index (χ1n) is 10.6. The Morgan fingerprint density at radius 1 is 1.06 bits per heavy atom. The van der Waals surface area contributed by atoms with Gasteiger partial charge in [-0.05, 0) is 43.5 Å². The van der Waals surface area contributed by atoms with Gasteiger partial charge in [-0.2, -0.15) is 0 Å². The van der Waals surface area contributed by atoms with E-state index >= 15 is 0 Å². The fraction of sp³-hybridized carbons (Fsp3) is 0.200.